The monoisotopic (exact) mass is 316 g/mol. The quantitative estimate of drug-likeness (QED) is 0.872. The summed E-state index contributed by atoms with van der Waals surface area (Å²) in [7, 11) is 0. The first-order chi connectivity index (χ1) is 11.3. The van der Waals surface area contributed by atoms with Crippen molar-refractivity contribution in [1.29, 1.82) is 0 Å². The molecular formula is C19H28N2O2. The van der Waals surface area contributed by atoms with Gasteiger partial charge >= 0.3 is 6.09 Å². The average molecular weight is 316 g/mol. The summed E-state index contributed by atoms with van der Waals surface area (Å²) >= 11 is 0. The number of piperidine rings is 1. The van der Waals surface area contributed by atoms with E-state index in [1.54, 1.807) is 0 Å². The average Bonchev–Trinajstić information content (AvgIpc) is 3.40. The lowest BCUT2D eigenvalue weighted by atomic mass is 10.0. The van der Waals surface area contributed by atoms with Gasteiger partial charge in [-0.15, -0.1) is 0 Å². The van der Waals surface area contributed by atoms with Gasteiger partial charge in [-0.05, 0) is 50.1 Å². The SMILES string of the molecule is CCC(C1CC1)N1CCCC(NC(=O)OCc2ccccc2)C1. The van der Waals surface area contributed by atoms with Crippen molar-refractivity contribution in [1.82, 2.24) is 10.2 Å². The topological polar surface area (TPSA) is 41.6 Å². The van der Waals surface area contributed by atoms with E-state index in [0.717, 1.165) is 30.9 Å². The number of likely N-dealkylation sites (tertiary alicyclic amines) is 1. The lowest BCUT2D eigenvalue weighted by molar-refractivity contribution is 0.102. The van der Waals surface area contributed by atoms with Crippen molar-refractivity contribution in [2.45, 2.75) is 57.7 Å². The van der Waals surface area contributed by atoms with Crippen LogP contribution in [0.3, 0.4) is 0 Å². The molecular weight excluding hydrogens is 288 g/mol. The van der Waals surface area contributed by atoms with Crippen LogP contribution in [0.5, 0.6) is 0 Å². The summed E-state index contributed by atoms with van der Waals surface area (Å²) in [4.78, 5) is 14.6. The Morgan fingerprint density at radius 1 is 1.30 bits per heavy atom. The van der Waals surface area contributed by atoms with Crippen LogP contribution in [-0.2, 0) is 11.3 Å². The number of benzene rings is 1. The molecule has 4 heteroatoms. The molecule has 2 unspecified atom stereocenters. The zero-order valence-corrected chi connectivity index (χ0v) is 14.0. The van der Waals surface area contributed by atoms with Crippen molar-refractivity contribution in [3.63, 3.8) is 0 Å². The summed E-state index contributed by atoms with van der Waals surface area (Å²) in [5.74, 6) is 0.892. The Morgan fingerprint density at radius 2 is 2.09 bits per heavy atom. The second-order valence-corrected chi connectivity index (χ2v) is 6.85. The lowest BCUT2D eigenvalue weighted by Gasteiger charge is -2.38. The molecule has 23 heavy (non-hydrogen) atoms. The maximum absolute atomic E-state index is 12.0. The van der Waals surface area contributed by atoms with Gasteiger partial charge in [0.15, 0.2) is 0 Å². The largest absolute Gasteiger partial charge is 0.445 e. The minimum atomic E-state index is -0.292. The molecule has 1 aromatic carbocycles. The van der Waals surface area contributed by atoms with Crippen LogP contribution < -0.4 is 5.32 Å². The first kappa shape index (κ1) is 16.3. The Bertz CT molecular complexity index is 501. The third-order valence-corrected chi connectivity index (χ3v) is 5.04. The number of carbonyl (C=O) groups is 1. The third-order valence-electron chi connectivity index (χ3n) is 5.04. The van der Waals surface area contributed by atoms with Gasteiger partial charge < -0.3 is 10.1 Å². The highest BCUT2D eigenvalue weighted by Gasteiger charge is 2.36. The molecule has 0 radical (unpaired) electrons. The molecule has 0 spiro atoms. The third kappa shape index (κ3) is 4.71. The molecule has 1 saturated carbocycles. The van der Waals surface area contributed by atoms with Crippen LogP contribution in [0.15, 0.2) is 30.3 Å². The van der Waals surface area contributed by atoms with E-state index in [1.807, 2.05) is 30.3 Å². The van der Waals surface area contributed by atoms with E-state index in [4.69, 9.17) is 4.74 Å². The van der Waals surface area contributed by atoms with E-state index in [1.165, 1.54) is 25.8 Å². The fourth-order valence-corrected chi connectivity index (χ4v) is 3.73. The number of rotatable bonds is 6. The first-order valence-corrected chi connectivity index (χ1v) is 8.97. The molecule has 126 valence electrons. The molecule has 1 aliphatic heterocycles. The van der Waals surface area contributed by atoms with Gasteiger partial charge in [-0.25, -0.2) is 4.79 Å². The van der Waals surface area contributed by atoms with Crippen molar-refractivity contribution >= 4 is 6.09 Å². The van der Waals surface area contributed by atoms with Gasteiger partial charge in [0, 0.05) is 18.6 Å². The second kappa shape index (κ2) is 7.82. The van der Waals surface area contributed by atoms with Crippen molar-refractivity contribution in [3.8, 4) is 0 Å². The highest BCUT2D eigenvalue weighted by atomic mass is 16.5. The van der Waals surface area contributed by atoms with Crippen LogP contribution >= 0.6 is 0 Å². The van der Waals surface area contributed by atoms with Crippen LogP contribution in [0.2, 0.25) is 0 Å². The van der Waals surface area contributed by atoms with Crippen LogP contribution in [0.4, 0.5) is 4.79 Å². The normalized spacial score (nSPS) is 23.3. The number of hydrogen-bond donors (Lipinski definition) is 1. The summed E-state index contributed by atoms with van der Waals surface area (Å²) < 4.78 is 5.34. The highest BCUT2D eigenvalue weighted by Crippen LogP contribution is 2.37. The molecule has 1 aliphatic carbocycles. The number of alkyl carbamates (subject to hydrolysis) is 1. The summed E-state index contributed by atoms with van der Waals surface area (Å²) in [5, 5.41) is 3.05. The minimum Gasteiger partial charge on any atom is -0.445 e. The van der Waals surface area contributed by atoms with Crippen molar-refractivity contribution in [2.75, 3.05) is 13.1 Å². The fourth-order valence-electron chi connectivity index (χ4n) is 3.73. The Labute approximate surface area is 139 Å². The Kier molecular flexibility index (Phi) is 5.55. The Hall–Kier alpha value is -1.55. The Morgan fingerprint density at radius 3 is 2.78 bits per heavy atom. The molecule has 1 amide bonds. The highest BCUT2D eigenvalue weighted by molar-refractivity contribution is 5.67. The molecule has 2 fully saturated rings. The molecule has 1 heterocycles. The van der Waals surface area contributed by atoms with Gasteiger partial charge in [-0.2, -0.15) is 0 Å². The molecule has 4 nitrogen and oxygen atoms in total. The van der Waals surface area contributed by atoms with E-state index in [0.29, 0.717) is 12.6 Å². The van der Waals surface area contributed by atoms with Gasteiger partial charge in [-0.1, -0.05) is 37.3 Å². The molecule has 0 aromatic heterocycles. The summed E-state index contributed by atoms with van der Waals surface area (Å²) in [6, 6.07) is 10.7. The maximum Gasteiger partial charge on any atom is 0.407 e. The van der Waals surface area contributed by atoms with Gasteiger partial charge in [-0.3, -0.25) is 4.90 Å². The molecule has 1 aromatic rings. The summed E-state index contributed by atoms with van der Waals surface area (Å²) in [5.41, 5.74) is 1.02. The van der Waals surface area contributed by atoms with Crippen LogP contribution in [0.25, 0.3) is 0 Å². The molecule has 0 bridgehead atoms. The zero-order valence-electron chi connectivity index (χ0n) is 14.0. The van der Waals surface area contributed by atoms with E-state index >= 15 is 0 Å². The number of hydrogen-bond acceptors (Lipinski definition) is 3. The predicted octanol–water partition coefficient (Wildman–Crippen LogP) is 3.57. The molecule has 3 rings (SSSR count). The van der Waals surface area contributed by atoms with Gasteiger partial charge in [0.25, 0.3) is 0 Å². The molecule has 1 saturated heterocycles. The zero-order chi connectivity index (χ0) is 16.1. The standard InChI is InChI=1S/C19H28N2O2/c1-2-18(16-10-11-16)21-12-6-9-17(13-21)20-19(22)23-14-15-7-4-3-5-8-15/h3-5,7-8,16-18H,2,6,9-14H2,1H3,(H,20,22). The Balaban J connectivity index is 1.44. The van der Waals surface area contributed by atoms with Crippen LogP contribution in [0, 0.1) is 5.92 Å². The number of nitrogens with one attached hydrogen (secondary N) is 1. The smallest absolute Gasteiger partial charge is 0.407 e. The number of ether oxygens (including phenoxy) is 1. The van der Waals surface area contributed by atoms with Gasteiger partial charge in [0.2, 0.25) is 0 Å². The molecule has 2 aliphatic rings. The minimum absolute atomic E-state index is 0.222. The van der Waals surface area contributed by atoms with Gasteiger partial charge in [0.05, 0.1) is 0 Å². The number of amides is 1. The molecule has 1 N–H and O–H groups in total. The summed E-state index contributed by atoms with van der Waals surface area (Å²) in [6.45, 7) is 4.76. The lowest BCUT2D eigenvalue weighted by Crippen LogP contribution is -2.51. The van der Waals surface area contributed by atoms with E-state index in [2.05, 4.69) is 17.1 Å². The van der Waals surface area contributed by atoms with E-state index in [-0.39, 0.29) is 12.1 Å². The van der Waals surface area contributed by atoms with Crippen molar-refractivity contribution in [3.05, 3.63) is 35.9 Å². The summed E-state index contributed by atoms with van der Waals surface area (Å²) in [6.07, 6.45) is 5.90. The van der Waals surface area contributed by atoms with E-state index in [9.17, 15) is 4.79 Å². The van der Waals surface area contributed by atoms with Gasteiger partial charge in [0.1, 0.15) is 6.61 Å². The van der Waals surface area contributed by atoms with Crippen LogP contribution in [0.1, 0.15) is 44.6 Å². The van der Waals surface area contributed by atoms with Crippen molar-refractivity contribution < 1.29 is 9.53 Å². The maximum atomic E-state index is 12.0. The van der Waals surface area contributed by atoms with E-state index < -0.39 is 0 Å². The number of nitrogens with zero attached hydrogens (tertiary/aromatic N) is 1. The van der Waals surface area contributed by atoms with Crippen LogP contribution in [-0.4, -0.2) is 36.2 Å². The fraction of sp³-hybridized carbons (Fsp3) is 0.632. The predicted molar refractivity (Wildman–Crippen MR) is 91.2 cm³/mol. The second-order valence-electron chi connectivity index (χ2n) is 6.85. The van der Waals surface area contributed by atoms with Crippen molar-refractivity contribution in [2.24, 2.45) is 5.92 Å². The number of carbonyl (C=O) groups excluding carboxylic acids is 1. The first-order valence-electron chi connectivity index (χ1n) is 8.97. The molecule has 2 atom stereocenters.